The van der Waals surface area contributed by atoms with E-state index in [9.17, 15) is 4.79 Å². The van der Waals surface area contributed by atoms with Crippen molar-refractivity contribution in [2.45, 2.75) is 25.8 Å². The van der Waals surface area contributed by atoms with Gasteiger partial charge in [-0.25, -0.2) is 0 Å². The van der Waals surface area contributed by atoms with E-state index in [1.54, 1.807) is 0 Å². The zero-order valence-electron chi connectivity index (χ0n) is 10.6. The maximum absolute atomic E-state index is 12.2. The number of hydrogen-bond acceptors (Lipinski definition) is 2. The van der Waals surface area contributed by atoms with Gasteiger partial charge in [0.25, 0.3) is 0 Å². The summed E-state index contributed by atoms with van der Waals surface area (Å²) in [4.78, 5) is 14.1. The Kier molecular flexibility index (Phi) is 4.25. The van der Waals surface area contributed by atoms with Gasteiger partial charge in [-0.05, 0) is 30.0 Å². The van der Waals surface area contributed by atoms with Crippen LogP contribution in [-0.4, -0.2) is 29.9 Å². The van der Waals surface area contributed by atoms with Gasteiger partial charge >= 0.3 is 0 Å². The number of halogens is 1. The lowest BCUT2D eigenvalue weighted by Crippen LogP contribution is -2.48. The highest BCUT2D eigenvalue weighted by Crippen LogP contribution is 2.17. The number of likely N-dealkylation sites (tertiary alicyclic amines) is 1. The van der Waals surface area contributed by atoms with E-state index in [2.05, 4.69) is 6.92 Å². The third-order valence-corrected chi connectivity index (χ3v) is 3.80. The van der Waals surface area contributed by atoms with Crippen LogP contribution in [0.5, 0.6) is 0 Å². The summed E-state index contributed by atoms with van der Waals surface area (Å²) >= 11 is 5.91. The van der Waals surface area contributed by atoms with Crippen molar-refractivity contribution in [3.63, 3.8) is 0 Å². The Balaban J connectivity index is 1.96. The molecule has 0 saturated carbocycles. The lowest BCUT2D eigenvalue weighted by molar-refractivity contribution is -0.132. The summed E-state index contributed by atoms with van der Waals surface area (Å²) in [7, 11) is 0. The number of hydrogen-bond donors (Lipinski definition) is 1. The van der Waals surface area contributed by atoms with Crippen molar-refractivity contribution in [3.05, 3.63) is 34.9 Å². The minimum absolute atomic E-state index is 0.163. The molecule has 4 heteroatoms. The van der Waals surface area contributed by atoms with Crippen LogP contribution in [0.2, 0.25) is 5.02 Å². The Bertz CT molecular complexity index is 436. The summed E-state index contributed by atoms with van der Waals surface area (Å²) < 4.78 is 0. The highest BCUT2D eigenvalue weighted by atomic mass is 35.5. The smallest absolute Gasteiger partial charge is 0.227 e. The van der Waals surface area contributed by atoms with Crippen LogP contribution in [0.1, 0.15) is 18.9 Å². The van der Waals surface area contributed by atoms with Gasteiger partial charge in [-0.3, -0.25) is 4.79 Å². The van der Waals surface area contributed by atoms with E-state index in [-0.39, 0.29) is 11.9 Å². The molecule has 98 valence electrons. The van der Waals surface area contributed by atoms with E-state index < -0.39 is 0 Å². The first-order valence-corrected chi connectivity index (χ1v) is 6.72. The number of piperidine rings is 1. The molecule has 1 aliphatic rings. The number of carbonyl (C=O) groups is 1. The maximum atomic E-state index is 12.2. The van der Waals surface area contributed by atoms with Crippen LogP contribution in [0.25, 0.3) is 0 Å². The fourth-order valence-electron chi connectivity index (χ4n) is 2.32. The van der Waals surface area contributed by atoms with Crippen LogP contribution in [0.15, 0.2) is 24.3 Å². The third kappa shape index (κ3) is 3.24. The minimum Gasteiger partial charge on any atom is -0.342 e. The topological polar surface area (TPSA) is 46.3 Å². The summed E-state index contributed by atoms with van der Waals surface area (Å²) in [6.45, 7) is 3.63. The van der Waals surface area contributed by atoms with Crippen molar-refractivity contribution in [2.75, 3.05) is 13.1 Å². The van der Waals surface area contributed by atoms with Gasteiger partial charge in [0.05, 0.1) is 6.42 Å². The number of nitrogens with zero attached hydrogens (tertiary/aromatic N) is 1. The van der Waals surface area contributed by atoms with Crippen LogP contribution in [0.3, 0.4) is 0 Å². The van der Waals surface area contributed by atoms with Gasteiger partial charge in [0, 0.05) is 24.2 Å². The molecule has 2 atom stereocenters. The molecular formula is C14H19ClN2O. The van der Waals surface area contributed by atoms with E-state index in [1.165, 1.54) is 0 Å². The fraction of sp³-hybridized carbons (Fsp3) is 0.500. The van der Waals surface area contributed by atoms with Crippen LogP contribution < -0.4 is 5.73 Å². The van der Waals surface area contributed by atoms with E-state index in [1.807, 2.05) is 29.2 Å². The van der Waals surface area contributed by atoms with Gasteiger partial charge in [0.2, 0.25) is 5.91 Å². The molecule has 2 unspecified atom stereocenters. The molecule has 1 heterocycles. The number of nitrogens with two attached hydrogens (primary N) is 1. The molecular weight excluding hydrogens is 248 g/mol. The Morgan fingerprint density at radius 3 is 3.00 bits per heavy atom. The summed E-state index contributed by atoms with van der Waals surface area (Å²) in [5.74, 6) is 0.540. The molecule has 1 fully saturated rings. The lowest BCUT2D eigenvalue weighted by atomic mass is 9.94. The monoisotopic (exact) mass is 266 g/mol. The summed E-state index contributed by atoms with van der Waals surface area (Å²) in [6, 6.07) is 7.69. The number of carbonyl (C=O) groups excluding carboxylic acids is 1. The molecule has 2 N–H and O–H groups in total. The highest BCUT2D eigenvalue weighted by molar-refractivity contribution is 6.30. The van der Waals surface area contributed by atoms with Gasteiger partial charge in [-0.1, -0.05) is 30.7 Å². The molecule has 1 saturated heterocycles. The van der Waals surface area contributed by atoms with E-state index in [0.29, 0.717) is 17.4 Å². The molecule has 1 amide bonds. The van der Waals surface area contributed by atoms with Crippen LogP contribution >= 0.6 is 11.6 Å². The second kappa shape index (κ2) is 5.72. The second-order valence-corrected chi connectivity index (χ2v) is 5.51. The van der Waals surface area contributed by atoms with E-state index >= 15 is 0 Å². The molecule has 1 aliphatic heterocycles. The average Bonchev–Trinajstić information content (AvgIpc) is 2.32. The van der Waals surface area contributed by atoms with Gasteiger partial charge in [0.15, 0.2) is 0 Å². The molecule has 0 aliphatic carbocycles. The average molecular weight is 267 g/mol. The zero-order valence-corrected chi connectivity index (χ0v) is 11.4. The number of amides is 1. The van der Waals surface area contributed by atoms with Crippen LogP contribution in [-0.2, 0) is 11.2 Å². The quantitative estimate of drug-likeness (QED) is 0.891. The van der Waals surface area contributed by atoms with Crippen molar-refractivity contribution in [1.82, 2.24) is 4.90 Å². The summed E-state index contributed by atoms with van der Waals surface area (Å²) in [5, 5.41) is 0.675. The zero-order chi connectivity index (χ0) is 13.1. The van der Waals surface area contributed by atoms with Gasteiger partial charge in [-0.15, -0.1) is 0 Å². The molecule has 18 heavy (non-hydrogen) atoms. The van der Waals surface area contributed by atoms with E-state index in [4.69, 9.17) is 17.3 Å². The second-order valence-electron chi connectivity index (χ2n) is 5.08. The first-order chi connectivity index (χ1) is 8.56. The maximum Gasteiger partial charge on any atom is 0.227 e. The first kappa shape index (κ1) is 13.4. The number of rotatable bonds is 2. The SMILES string of the molecule is CC1CN(C(=O)Cc2cccc(Cl)c2)CCC1N. The molecule has 0 aromatic heterocycles. The minimum atomic E-state index is 0.163. The van der Waals surface area contributed by atoms with E-state index in [0.717, 1.165) is 25.1 Å². The standard InChI is InChI=1S/C14H19ClN2O/c1-10-9-17(6-5-13(10)16)14(18)8-11-3-2-4-12(15)7-11/h2-4,7,10,13H,5-6,8-9,16H2,1H3. The summed E-state index contributed by atoms with van der Waals surface area (Å²) in [5.41, 5.74) is 6.93. The van der Waals surface area contributed by atoms with Crippen LogP contribution in [0.4, 0.5) is 0 Å². The largest absolute Gasteiger partial charge is 0.342 e. The highest BCUT2D eigenvalue weighted by Gasteiger charge is 2.26. The normalized spacial score (nSPS) is 24.1. The third-order valence-electron chi connectivity index (χ3n) is 3.57. The predicted molar refractivity (Wildman–Crippen MR) is 73.5 cm³/mol. The molecule has 1 aromatic carbocycles. The van der Waals surface area contributed by atoms with Crippen LogP contribution in [0, 0.1) is 5.92 Å². The predicted octanol–water partition coefficient (Wildman–Crippen LogP) is 2.08. The fourth-order valence-corrected chi connectivity index (χ4v) is 2.54. The molecule has 0 spiro atoms. The molecule has 0 radical (unpaired) electrons. The Labute approximate surface area is 113 Å². The number of benzene rings is 1. The summed E-state index contributed by atoms with van der Waals surface area (Å²) in [6.07, 6.45) is 1.31. The Hall–Kier alpha value is -1.06. The lowest BCUT2D eigenvalue weighted by Gasteiger charge is -2.35. The molecule has 1 aromatic rings. The van der Waals surface area contributed by atoms with Crippen molar-refractivity contribution in [3.8, 4) is 0 Å². The van der Waals surface area contributed by atoms with Crippen molar-refractivity contribution < 1.29 is 4.79 Å². The Morgan fingerprint density at radius 2 is 2.33 bits per heavy atom. The van der Waals surface area contributed by atoms with Crippen molar-refractivity contribution in [1.29, 1.82) is 0 Å². The molecule has 2 rings (SSSR count). The Morgan fingerprint density at radius 1 is 1.56 bits per heavy atom. The van der Waals surface area contributed by atoms with Crippen molar-refractivity contribution in [2.24, 2.45) is 11.7 Å². The molecule has 0 bridgehead atoms. The van der Waals surface area contributed by atoms with Gasteiger partial charge in [0.1, 0.15) is 0 Å². The van der Waals surface area contributed by atoms with Crippen molar-refractivity contribution >= 4 is 17.5 Å². The first-order valence-electron chi connectivity index (χ1n) is 6.34. The van der Waals surface area contributed by atoms with Gasteiger partial charge < -0.3 is 10.6 Å². The van der Waals surface area contributed by atoms with Gasteiger partial charge in [-0.2, -0.15) is 0 Å². The molecule has 3 nitrogen and oxygen atoms in total.